The Balaban J connectivity index is 0. The van der Waals surface area contributed by atoms with Crippen molar-refractivity contribution in [3.8, 4) is 0 Å². The zero-order valence-corrected chi connectivity index (χ0v) is 14.6. The molecule has 0 radical (unpaired) electrons. The number of hydrogen-bond donors (Lipinski definition) is 4. The van der Waals surface area contributed by atoms with Crippen LogP contribution in [0.2, 0.25) is 0 Å². The predicted octanol–water partition coefficient (Wildman–Crippen LogP) is -0.507. The van der Waals surface area contributed by atoms with Gasteiger partial charge < -0.3 is 21.9 Å². The molecule has 0 unspecified atom stereocenters. The van der Waals surface area contributed by atoms with Crippen LogP contribution in [0.25, 0.3) is 0 Å². The molecular weight excluding hydrogens is 338 g/mol. The molecule has 0 aromatic heterocycles. The van der Waals surface area contributed by atoms with Gasteiger partial charge in [-0.05, 0) is 12.3 Å². The van der Waals surface area contributed by atoms with Crippen LogP contribution < -0.4 is 16.8 Å². The first-order chi connectivity index (χ1) is 10.9. The summed E-state index contributed by atoms with van der Waals surface area (Å²) in [5.41, 5.74) is 10.3. The average Bonchev–Trinajstić information content (AvgIpc) is 2.45. The number of sulfone groups is 1. The van der Waals surface area contributed by atoms with Gasteiger partial charge in [0.25, 0.3) is 0 Å². The van der Waals surface area contributed by atoms with Crippen molar-refractivity contribution in [1.29, 1.82) is 0 Å². The first kappa shape index (κ1) is 24.1. The smallest absolute Gasteiger partial charge is 0.326 e. The second-order valence-corrected chi connectivity index (χ2v) is 7.07. The summed E-state index contributed by atoms with van der Waals surface area (Å²) >= 11 is 0. The highest BCUT2D eigenvalue weighted by Crippen LogP contribution is 2.05. The molecule has 10 heteroatoms. The van der Waals surface area contributed by atoms with Crippen LogP contribution in [0.5, 0.6) is 0 Å². The van der Waals surface area contributed by atoms with Gasteiger partial charge in [-0.1, -0.05) is 27.0 Å². The Hall–Kier alpha value is -2.20. The summed E-state index contributed by atoms with van der Waals surface area (Å²) in [6.45, 7) is 9.77. The Labute approximate surface area is 141 Å². The number of primary amides is 1. The molecule has 0 rings (SSSR count). The molecule has 0 aromatic carbocycles. The SMILES string of the molecule is C=CS(=O)(=O)C=C.CC(C)C[C@H](NC(=O)[C@@H](N)CC(N)=O)C(=O)O. The van der Waals surface area contributed by atoms with Crippen molar-refractivity contribution in [1.82, 2.24) is 5.32 Å². The summed E-state index contributed by atoms with van der Waals surface area (Å²) in [5, 5.41) is 12.9. The fraction of sp³-hybridized carbons (Fsp3) is 0.500. The Morgan fingerprint density at radius 3 is 1.92 bits per heavy atom. The van der Waals surface area contributed by atoms with Crippen molar-refractivity contribution in [3.63, 3.8) is 0 Å². The molecular formula is C14H25N3O6S. The number of carbonyl (C=O) groups excluding carboxylic acids is 2. The standard InChI is InChI=1S/C10H19N3O4.C4H6O2S/c1-5(2)3-7(10(16)17)13-9(15)6(11)4-8(12)14;1-3-7(5,6)4-2/h5-7H,3-4,11H2,1-2H3,(H2,12,14)(H,13,15)(H,16,17);3-4H,1-2H2/t6-,7-;/m0./s1. The number of nitrogens with one attached hydrogen (secondary N) is 1. The third-order valence-electron chi connectivity index (χ3n) is 2.54. The average molecular weight is 363 g/mol. The Bertz CT molecular complexity index is 557. The molecule has 0 fully saturated rings. The number of rotatable bonds is 9. The first-order valence-electron chi connectivity index (χ1n) is 6.93. The third kappa shape index (κ3) is 12.4. The van der Waals surface area contributed by atoms with Gasteiger partial charge in [0.2, 0.25) is 11.8 Å². The predicted molar refractivity (Wildman–Crippen MR) is 90.1 cm³/mol. The van der Waals surface area contributed by atoms with E-state index in [1.807, 2.05) is 13.8 Å². The zero-order chi connectivity index (χ0) is 19.5. The molecule has 2 atom stereocenters. The molecule has 138 valence electrons. The van der Waals surface area contributed by atoms with Crippen LogP contribution >= 0.6 is 0 Å². The summed E-state index contributed by atoms with van der Waals surface area (Å²) in [4.78, 5) is 32.9. The zero-order valence-electron chi connectivity index (χ0n) is 13.8. The monoisotopic (exact) mass is 363 g/mol. The third-order valence-corrected chi connectivity index (χ3v) is 3.47. The normalized spacial score (nSPS) is 13.0. The first-order valence-corrected chi connectivity index (χ1v) is 8.54. The lowest BCUT2D eigenvalue weighted by atomic mass is 10.0. The number of nitrogens with two attached hydrogens (primary N) is 2. The van der Waals surface area contributed by atoms with Crippen LogP contribution in [0.15, 0.2) is 24.0 Å². The number of carboxylic acid groups (broad SMARTS) is 1. The molecule has 0 saturated carbocycles. The van der Waals surface area contributed by atoms with E-state index in [4.69, 9.17) is 16.6 Å². The minimum absolute atomic E-state index is 0.115. The lowest BCUT2D eigenvalue weighted by molar-refractivity contribution is -0.142. The highest BCUT2D eigenvalue weighted by atomic mass is 32.2. The minimum atomic E-state index is -3.13. The van der Waals surface area contributed by atoms with E-state index in [9.17, 15) is 22.8 Å². The van der Waals surface area contributed by atoms with Crippen LogP contribution in [0.3, 0.4) is 0 Å². The van der Waals surface area contributed by atoms with Crippen molar-refractivity contribution in [2.45, 2.75) is 38.8 Å². The van der Waals surface area contributed by atoms with E-state index < -0.39 is 39.7 Å². The molecule has 24 heavy (non-hydrogen) atoms. The van der Waals surface area contributed by atoms with Crippen molar-refractivity contribution < 1.29 is 27.9 Å². The Morgan fingerprint density at radius 1 is 1.21 bits per heavy atom. The molecule has 0 saturated heterocycles. The highest BCUT2D eigenvalue weighted by Gasteiger charge is 2.24. The van der Waals surface area contributed by atoms with E-state index in [1.54, 1.807) is 0 Å². The fourth-order valence-corrected chi connectivity index (χ4v) is 1.49. The van der Waals surface area contributed by atoms with E-state index in [1.165, 1.54) is 0 Å². The Kier molecular flexibility index (Phi) is 11.4. The summed E-state index contributed by atoms with van der Waals surface area (Å²) < 4.78 is 20.3. The molecule has 0 aliphatic carbocycles. The maximum absolute atomic E-state index is 11.5. The lowest BCUT2D eigenvalue weighted by Crippen LogP contribution is -2.49. The van der Waals surface area contributed by atoms with Gasteiger partial charge >= 0.3 is 5.97 Å². The van der Waals surface area contributed by atoms with E-state index in [2.05, 4.69) is 18.5 Å². The topological polar surface area (TPSA) is 170 Å². The van der Waals surface area contributed by atoms with E-state index in [0.717, 1.165) is 10.8 Å². The van der Waals surface area contributed by atoms with Gasteiger partial charge in [0.05, 0.1) is 12.5 Å². The van der Waals surface area contributed by atoms with E-state index in [-0.39, 0.29) is 12.3 Å². The van der Waals surface area contributed by atoms with Crippen molar-refractivity contribution in [2.75, 3.05) is 0 Å². The van der Waals surface area contributed by atoms with Gasteiger partial charge in [-0.2, -0.15) is 0 Å². The molecule has 0 heterocycles. The van der Waals surface area contributed by atoms with Gasteiger partial charge in [-0.3, -0.25) is 9.59 Å². The van der Waals surface area contributed by atoms with Crippen LogP contribution in [0.4, 0.5) is 0 Å². The lowest BCUT2D eigenvalue weighted by Gasteiger charge is -2.18. The van der Waals surface area contributed by atoms with Crippen LogP contribution in [0, 0.1) is 5.92 Å². The summed E-state index contributed by atoms with van der Waals surface area (Å²) in [7, 11) is -3.13. The van der Waals surface area contributed by atoms with Crippen molar-refractivity contribution in [3.05, 3.63) is 24.0 Å². The number of aliphatic carboxylic acids is 1. The molecule has 0 aliphatic rings. The van der Waals surface area contributed by atoms with E-state index in [0.29, 0.717) is 6.42 Å². The Morgan fingerprint density at radius 2 is 1.67 bits per heavy atom. The van der Waals surface area contributed by atoms with Crippen molar-refractivity contribution >= 4 is 27.6 Å². The fourth-order valence-electron chi connectivity index (χ4n) is 1.35. The maximum Gasteiger partial charge on any atom is 0.326 e. The second-order valence-electron chi connectivity index (χ2n) is 5.23. The molecule has 0 spiro atoms. The van der Waals surface area contributed by atoms with Crippen LogP contribution in [-0.4, -0.2) is 43.4 Å². The largest absolute Gasteiger partial charge is 0.480 e. The highest BCUT2D eigenvalue weighted by molar-refractivity contribution is 7.97. The van der Waals surface area contributed by atoms with Gasteiger partial charge in [-0.15, -0.1) is 0 Å². The van der Waals surface area contributed by atoms with Gasteiger partial charge in [0, 0.05) is 10.8 Å². The maximum atomic E-state index is 11.5. The van der Waals surface area contributed by atoms with Crippen LogP contribution in [0.1, 0.15) is 26.7 Å². The number of carbonyl (C=O) groups is 3. The molecule has 0 aliphatic heterocycles. The summed E-state index contributed by atoms with van der Waals surface area (Å²) in [6, 6.07) is -2.11. The number of carboxylic acids is 1. The van der Waals surface area contributed by atoms with Gasteiger partial charge in [0.15, 0.2) is 9.84 Å². The van der Waals surface area contributed by atoms with Crippen molar-refractivity contribution in [2.24, 2.45) is 17.4 Å². The van der Waals surface area contributed by atoms with Gasteiger partial charge in [0.1, 0.15) is 6.04 Å². The second kappa shape index (κ2) is 11.4. The number of hydrogen-bond acceptors (Lipinski definition) is 6. The summed E-state index contributed by atoms with van der Waals surface area (Å²) in [5.74, 6) is -2.40. The van der Waals surface area contributed by atoms with Crippen LogP contribution in [-0.2, 0) is 24.2 Å². The number of amides is 2. The quantitative estimate of drug-likeness (QED) is 0.427. The molecule has 0 aromatic rings. The molecule has 9 nitrogen and oxygen atoms in total. The van der Waals surface area contributed by atoms with Gasteiger partial charge in [-0.25, -0.2) is 13.2 Å². The summed E-state index contributed by atoms with van der Waals surface area (Å²) in [6.07, 6.45) is -0.00971. The minimum Gasteiger partial charge on any atom is -0.480 e. The molecule has 0 bridgehead atoms. The molecule has 6 N–H and O–H groups in total. The van der Waals surface area contributed by atoms with E-state index >= 15 is 0 Å². The molecule has 2 amide bonds.